The molecule has 7 nitrogen and oxygen atoms in total. The normalized spacial score (nSPS) is 11.5. The number of anilines is 2. The van der Waals surface area contributed by atoms with Crippen LogP contribution < -0.4 is 10.0 Å². The second-order valence-electron chi connectivity index (χ2n) is 6.61. The summed E-state index contributed by atoms with van der Waals surface area (Å²) in [5.41, 5.74) is 1.54. The lowest BCUT2D eigenvalue weighted by molar-refractivity contribution is 0.102. The van der Waals surface area contributed by atoms with Crippen LogP contribution in [0.15, 0.2) is 51.7 Å². The Balaban J connectivity index is 1.80. The molecule has 0 fully saturated rings. The van der Waals surface area contributed by atoms with Gasteiger partial charge in [0.1, 0.15) is 4.90 Å². The average Bonchev–Trinajstić information content (AvgIpc) is 3.09. The van der Waals surface area contributed by atoms with Gasteiger partial charge in [-0.1, -0.05) is 66.2 Å². The number of aromatic nitrogens is 2. The summed E-state index contributed by atoms with van der Waals surface area (Å²) in [7, 11) is -3.99. The zero-order valence-corrected chi connectivity index (χ0v) is 19.5. The van der Waals surface area contributed by atoms with Crippen LogP contribution in [0.1, 0.15) is 29.8 Å². The van der Waals surface area contributed by atoms with Gasteiger partial charge >= 0.3 is 0 Å². The monoisotopic (exact) mass is 482 g/mol. The van der Waals surface area contributed by atoms with Crippen LogP contribution in [0.3, 0.4) is 0 Å². The van der Waals surface area contributed by atoms with Crippen molar-refractivity contribution >= 4 is 61.4 Å². The highest BCUT2D eigenvalue weighted by atomic mass is 35.5. The lowest BCUT2D eigenvalue weighted by Crippen LogP contribution is -2.16. The first-order valence-corrected chi connectivity index (χ1v) is 12.4. The number of nitrogens with one attached hydrogen (secondary N) is 2. The number of nitrogens with zero attached hydrogens (tertiary/aromatic N) is 2. The van der Waals surface area contributed by atoms with E-state index in [2.05, 4.69) is 20.2 Å². The number of sulfonamides is 1. The first kappa shape index (κ1) is 22.5. The molecule has 30 heavy (non-hydrogen) atoms. The Bertz CT molecular complexity index is 1160. The Labute approximate surface area is 188 Å². The standard InChI is InChI=1S/C19H19ClN4O3S3/c1-11(2)28-19-23-22-18(29-19)21-17(25)13-6-9-15(20)16(10-13)30(26,27)24-14-7-4-12(3)5-8-14/h4-11,24H,1-3H3,(H,21,22,25). The summed E-state index contributed by atoms with van der Waals surface area (Å²) in [4.78, 5) is 12.4. The van der Waals surface area contributed by atoms with Crippen molar-refractivity contribution in [1.29, 1.82) is 0 Å². The average molecular weight is 483 g/mol. The van der Waals surface area contributed by atoms with Crippen molar-refractivity contribution in [2.75, 3.05) is 10.0 Å². The number of amides is 1. The zero-order chi connectivity index (χ0) is 21.9. The van der Waals surface area contributed by atoms with Gasteiger partial charge in [0.15, 0.2) is 4.34 Å². The van der Waals surface area contributed by atoms with Gasteiger partial charge in [-0.3, -0.25) is 14.8 Å². The largest absolute Gasteiger partial charge is 0.296 e. The van der Waals surface area contributed by atoms with Crippen molar-refractivity contribution in [1.82, 2.24) is 10.2 Å². The van der Waals surface area contributed by atoms with Gasteiger partial charge in [-0.25, -0.2) is 8.42 Å². The van der Waals surface area contributed by atoms with Crippen LogP contribution in [0.4, 0.5) is 10.8 Å². The van der Waals surface area contributed by atoms with Gasteiger partial charge in [-0.2, -0.15) is 0 Å². The maximum atomic E-state index is 12.8. The second kappa shape index (κ2) is 9.34. The Hall–Kier alpha value is -2.14. The minimum absolute atomic E-state index is 0.0118. The van der Waals surface area contributed by atoms with Gasteiger partial charge in [0.2, 0.25) is 5.13 Å². The fourth-order valence-electron chi connectivity index (χ4n) is 2.36. The molecule has 2 aromatic carbocycles. The van der Waals surface area contributed by atoms with Crippen molar-refractivity contribution in [2.24, 2.45) is 0 Å². The Kier molecular flexibility index (Phi) is 7.02. The van der Waals surface area contributed by atoms with Crippen LogP contribution >= 0.6 is 34.7 Å². The smallest absolute Gasteiger partial charge is 0.263 e. The second-order valence-corrected chi connectivity index (χ2v) is 11.5. The van der Waals surface area contributed by atoms with Crippen molar-refractivity contribution in [3.63, 3.8) is 0 Å². The molecule has 158 valence electrons. The summed E-state index contributed by atoms with van der Waals surface area (Å²) in [6.45, 7) is 5.97. The Morgan fingerprint density at radius 3 is 2.50 bits per heavy atom. The van der Waals surface area contributed by atoms with Gasteiger partial charge in [0, 0.05) is 16.5 Å². The van der Waals surface area contributed by atoms with Crippen molar-refractivity contribution in [3.8, 4) is 0 Å². The van der Waals surface area contributed by atoms with E-state index in [9.17, 15) is 13.2 Å². The van der Waals surface area contributed by atoms with Crippen LogP contribution in [-0.4, -0.2) is 29.8 Å². The van der Waals surface area contributed by atoms with E-state index < -0.39 is 15.9 Å². The summed E-state index contributed by atoms with van der Waals surface area (Å²) in [6, 6.07) is 10.9. The summed E-state index contributed by atoms with van der Waals surface area (Å²) in [5.74, 6) is -0.504. The third-order valence-electron chi connectivity index (χ3n) is 3.75. The van der Waals surface area contributed by atoms with E-state index in [4.69, 9.17) is 11.6 Å². The number of carbonyl (C=O) groups excluding carboxylic acids is 1. The zero-order valence-electron chi connectivity index (χ0n) is 16.3. The topological polar surface area (TPSA) is 101 Å². The molecule has 0 unspecified atom stereocenters. The molecular weight excluding hydrogens is 464 g/mol. The van der Waals surface area contributed by atoms with Crippen LogP contribution in [-0.2, 0) is 10.0 Å². The fourth-order valence-corrected chi connectivity index (χ4v) is 5.92. The maximum absolute atomic E-state index is 12.8. The quantitative estimate of drug-likeness (QED) is 0.361. The highest BCUT2D eigenvalue weighted by Crippen LogP contribution is 2.29. The van der Waals surface area contributed by atoms with E-state index in [0.29, 0.717) is 16.1 Å². The van der Waals surface area contributed by atoms with Crippen LogP contribution in [0, 0.1) is 6.92 Å². The van der Waals surface area contributed by atoms with E-state index in [0.717, 1.165) is 9.90 Å². The molecule has 1 amide bonds. The number of carbonyl (C=O) groups is 1. The molecule has 11 heteroatoms. The molecule has 1 aromatic heterocycles. The molecule has 0 saturated carbocycles. The first-order chi connectivity index (χ1) is 14.1. The number of thioether (sulfide) groups is 1. The molecule has 3 rings (SSSR count). The number of benzene rings is 2. The Morgan fingerprint density at radius 2 is 1.83 bits per heavy atom. The summed E-state index contributed by atoms with van der Waals surface area (Å²) >= 11 is 8.91. The van der Waals surface area contributed by atoms with E-state index in [-0.39, 0.29) is 15.5 Å². The summed E-state index contributed by atoms with van der Waals surface area (Å²) in [6.07, 6.45) is 0. The van der Waals surface area contributed by atoms with Gasteiger partial charge in [0.05, 0.1) is 5.02 Å². The predicted molar refractivity (Wildman–Crippen MR) is 122 cm³/mol. The van der Waals surface area contributed by atoms with Gasteiger partial charge < -0.3 is 0 Å². The maximum Gasteiger partial charge on any atom is 0.263 e. The lowest BCUT2D eigenvalue weighted by Gasteiger charge is -2.11. The molecule has 3 aromatic rings. The summed E-state index contributed by atoms with van der Waals surface area (Å²) in [5, 5.41) is 11.3. The number of hydrogen-bond acceptors (Lipinski definition) is 7. The minimum Gasteiger partial charge on any atom is -0.296 e. The number of halogens is 1. The van der Waals surface area contributed by atoms with Gasteiger partial charge in [-0.05, 0) is 37.3 Å². The van der Waals surface area contributed by atoms with E-state index >= 15 is 0 Å². The van der Waals surface area contributed by atoms with Crippen LogP contribution in [0.2, 0.25) is 5.02 Å². The molecule has 0 aliphatic heterocycles. The van der Waals surface area contributed by atoms with Gasteiger partial charge in [0.25, 0.3) is 15.9 Å². The molecular formula is C19H19ClN4O3S3. The lowest BCUT2D eigenvalue weighted by atomic mass is 10.2. The van der Waals surface area contributed by atoms with Crippen LogP contribution in [0.5, 0.6) is 0 Å². The predicted octanol–water partition coefficient (Wildman–Crippen LogP) is 5.05. The molecule has 0 aliphatic carbocycles. The van der Waals surface area contributed by atoms with Gasteiger partial charge in [-0.15, -0.1) is 10.2 Å². The third-order valence-corrected chi connectivity index (χ3v) is 7.54. The van der Waals surface area contributed by atoms with E-state index in [1.807, 2.05) is 20.8 Å². The Morgan fingerprint density at radius 1 is 1.13 bits per heavy atom. The highest BCUT2D eigenvalue weighted by molar-refractivity contribution is 8.01. The molecule has 0 aliphatic rings. The molecule has 0 atom stereocenters. The van der Waals surface area contributed by atoms with Crippen molar-refractivity contribution in [3.05, 3.63) is 58.6 Å². The van der Waals surface area contributed by atoms with Crippen LogP contribution in [0.25, 0.3) is 0 Å². The fraction of sp³-hybridized carbons (Fsp3) is 0.211. The first-order valence-electron chi connectivity index (χ1n) is 8.84. The third kappa shape index (κ3) is 5.72. The molecule has 0 radical (unpaired) electrons. The summed E-state index contributed by atoms with van der Waals surface area (Å²) < 4.78 is 28.8. The number of hydrogen-bond donors (Lipinski definition) is 2. The molecule has 0 saturated heterocycles. The van der Waals surface area contributed by atoms with E-state index in [1.54, 1.807) is 36.0 Å². The number of rotatable bonds is 7. The van der Waals surface area contributed by atoms with E-state index in [1.165, 1.54) is 29.5 Å². The SMILES string of the molecule is Cc1ccc(NS(=O)(=O)c2cc(C(=O)Nc3nnc(SC(C)C)s3)ccc2Cl)cc1. The molecule has 1 heterocycles. The van der Waals surface area contributed by atoms with Crippen molar-refractivity contribution < 1.29 is 13.2 Å². The molecule has 2 N–H and O–H groups in total. The highest BCUT2D eigenvalue weighted by Gasteiger charge is 2.21. The molecule has 0 bridgehead atoms. The van der Waals surface area contributed by atoms with Crippen molar-refractivity contribution in [2.45, 2.75) is 35.3 Å². The minimum atomic E-state index is -3.99. The molecule has 0 spiro atoms. The number of aryl methyl sites for hydroxylation is 1.